The second-order valence-corrected chi connectivity index (χ2v) is 5.18. The van der Waals surface area contributed by atoms with Crippen LogP contribution in [0.4, 0.5) is 11.4 Å². The Morgan fingerprint density at radius 1 is 0.667 bits per heavy atom. The molecule has 0 aliphatic heterocycles. The fourth-order valence-electron chi connectivity index (χ4n) is 2.34. The third kappa shape index (κ3) is 2.95. The highest BCUT2D eigenvalue weighted by molar-refractivity contribution is 5.69. The zero-order chi connectivity index (χ0) is 14.7. The van der Waals surface area contributed by atoms with Crippen molar-refractivity contribution in [3.63, 3.8) is 0 Å². The minimum Gasteiger partial charge on any atom is -0.345 e. The SMILES string of the molecule is Cc1ccc(-c2ccc(N(C)c3ccncc3)cc2)cc1. The zero-order valence-electron chi connectivity index (χ0n) is 12.3. The van der Waals surface area contributed by atoms with Gasteiger partial charge in [-0.05, 0) is 42.3 Å². The summed E-state index contributed by atoms with van der Waals surface area (Å²) in [5.41, 5.74) is 6.07. The smallest absolute Gasteiger partial charge is 0.0438 e. The molecule has 2 aromatic carbocycles. The summed E-state index contributed by atoms with van der Waals surface area (Å²) in [6, 6.07) is 21.3. The molecule has 104 valence electrons. The lowest BCUT2D eigenvalue weighted by Gasteiger charge is -2.19. The third-order valence-corrected chi connectivity index (χ3v) is 3.69. The molecule has 3 aromatic rings. The van der Waals surface area contributed by atoms with Gasteiger partial charge in [-0.2, -0.15) is 0 Å². The van der Waals surface area contributed by atoms with Crippen molar-refractivity contribution >= 4 is 11.4 Å². The first-order valence-electron chi connectivity index (χ1n) is 7.05. The summed E-state index contributed by atoms with van der Waals surface area (Å²) in [5, 5.41) is 0. The Morgan fingerprint density at radius 2 is 1.14 bits per heavy atom. The maximum absolute atomic E-state index is 4.06. The Hall–Kier alpha value is -2.61. The summed E-state index contributed by atoms with van der Waals surface area (Å²) in [4.78, 5) is 6.21. The Balaban J connectivity index is 1.85. The zero-order valence-corrected chi connectivity index (χ0v) is 12.3. The van der Waals surface area contributed by atoms with E-state index >= 15 is 0 Å². The number of pyridine rings is 1. The third-order valence-electron chi connectivity index (χ3n) is 3.69. The van der Waals surface area contributed by atoms with Gasteiger partial charge in [-0.3, -0.25) is 4.98 Å². The molecule has 0 unspecified atom stereocenters. The van der Waals surface area contributed by atoms with Gasteiger partial charge in [-0.1, -0.05) is 42.0 Å². The van der Waals surface area contributed by atoms with E-state index in [-0.39, 0.29) is 0 Å². The maximum Gasteiger partial charge on any atom is 0.0438 e. The number of benzene rings is 2. The molecule has 0 fully saturated rings. The summed E-state index contributed by atoms with van der Waals surface area (Å²) in [6.07, 6.45) is 3.62. The van der Waals surface area contributed by atoms with Gasteiger partial charge in [-0.15, -0.1) is 0 Å². The first-order valence-corrected chi connectivity index (χ1v) is 7.05. The molecule has 0 amide bonds. The van der Waals surface area contributed by atoms with E-state index in [1.165, 1.54) is 16.7 Å². The van der Waals surface area contributed by atoms with Crippen LogP contribution in [-0.4, -0.2) is 12.0 Å². The van der Waals surface area contributed by atoms with Crippen molar-refractivity contribution < 1.29 is 0 Å². The molecule has 0 bridgehead atoms. The molecule has 0 spiro atoms. The Kier molecular flexibility index (Phi) is 3.69. The van der Waals surface area contributed by atoms with Gasteiger partial charge >= 0.3 is 0 Å². The number of rotatable bonds is 3. The summed E-state index contributed by atoms with van der Waals surface area (Å²) < 4.78 is 0. The second-order valence-electron chi connectivity index (χ2n) is 5.18. The molecule has 1 heterocycles. The molecule has 0 aliphatic carbocycles. The number of anilines is 2. The van der Waals surface area contributed by atoms with E-state index in [1.54, 1.807) is 0 Å². The largest absolute Gasteiger partial charge is 0.345 e. The van der Waals surface area contributed by atoms with Gasteiger partial charge < -0.3 is 4.90 Å². The highest BCUT2D eigenvalue weighted by Crippen LogP contribution is 2.26. The van der Waals surface area contributed by atoms with Gasteiger partial charge in [0.25, 0.3) is 0 Å². The Labute approximate surface area is 125 Å². The van der Waals surface area contributed by atoms with Crippen LogP contribution in [-0.2, 0) is 0 Å². The molecule has 3 rings (SSSR count). The highest BCUT2D eigenvalue weighted by atomic mass is 15.1. The molecular weight excluding hydrogens is 256 g/mol. The first kappa shape index (κ1) is 13.4. The van der Waals surface area contributed by atoms with Crippen molar-refractivity contribution in [3.8, 4) is 11.1 Å². The van der Waals surface area contributed by atoms with Gasteiger partial charge in [0.05, 0.1) is 0 Å². The van der Waals surface area contributed by atoms with Crippen molar-refractivity contribution in [3.05, 3.63) is 78.6 Å². The molecule has 2 nitrogen and oxygen atoms in total. The predicted molar refractivity (Wildman–Crippen MR) is 88.9 cm³/mol. The van der Waals surface area contributed by atoms with Crippen LogP contribution in [0.5, 0.6) is 0 Å². The summed E-state index contributed by atoms with van der Waals surface area (Å²) in [5.74, 6) is 0. The standard InChI is InChI=1S/C19H18N2/c1-15-3-5-16(6-4-15)17-7-9-18(10-8-17)21(2)19-11-13-20-14-12-19/h3-14H,1-2H3. The average molecular weight is 274 g/mol. The van der Waals surface area contributed by atoms with Crippen LogP contribution in [0.2, 0.25) is 0 Å². The minimum absolute atomic E-state index is 1.13. The minimum atomic E-state index is 1.13. The van der Waals surface area contributed by atoms with Gasteiger partial charge in [-0.25, -0.2) is 0 Å². The van der Waals surface area contributed by atoms with Crippen molar-refractivity contribution in [2.75, 3.05) is 11.9 Å². The van der Waals surface area contributed by atoms with E-state index in [9.17, 15) is 0 Å². The van der Waals surface area contributed by atoms with Crippen LogP contribution in [0.25, 0.3) is 11.1 Å². The van der Waals surface area contributed by atoms with Gasteiger partial charge in [0.15, 0.2) is 0 Å². The maximum atomic E-state index is 4.06. The van der Waals surface area contributed by atoms with Crippen molar-refractivity contribution in [2.24, 2.45) is 0 Å². The lowest BCUT2D eigenvalue weighted by Crippen LogP contribution is -2.08. The quantitative estimate of drug-likeness (QED) is 0.680. The molecule has 0 saturated carbocycles. The predicted octanol–water partition coefficient (Wildman–Crippen LogP) is 4.82. The molecule has 0 radical (unpaired) electrons. The fourth-order valence-corrected chi connectivity index (χ4v) is 2.34. The average Bonchev–Trinajstić information content (AvgIpc) is 2.56. The lowest BCUT2D eigenvalue weighted by molar-refractivity contribution is 1.19. The van der Waals surface area contributed by atoms with E-state index < -0.39 is 0 Å². The number of nitrogens with zero attached hydrogens (tertiary/aromatic N) is 2. The van der Waals surface area contributed by atoms with E-state index in [0.29, 0.717) is 0 Å². The number of aromatic nitrogens is 1. The molecule has 1 aromatic heterocycles. The molecule has 2 heteroatoms. The molecule has 21 heavy (non-hydrogen) atoms. The summed E-state index contributed by atoms with van der Waals surface area (Å²) in [7, 11) is 2.07. The van der Waals surface area contributed by atoms with Crippen LogP contribution in [0, 0.1) is 6.92 Å². The van der Waals surface area contributed by atoms with E-state index in [0.717, 1.165) is 11.4 Å². The fraction of sp³-hybridized carbons (Fsp3) is 0.105. The van der Waals surface area contributed by atoms with Crippen molar-refractivity contribution in [1.29, 1.82) is 0 Å². The van der Waals surface area contributed by atoms with E-state index in [2.05, 4.69) is 72.4 Å². The lowest BCUT2D eigenvalue weighted by atomic mass is 10.0. The molecule has 0 N–H and O–H groups in total. The highest BCUT2D eigenvalue weighted by Gasteiger charge is 2.04. The van der Waals surface area contributed by atoms with Crippen LogP contribution < -0.4 is 4.90 Å². The van der Waals surface area contributed by atoms with Crippen LogP contribution in [0.3, 0.4) is 0 Å². The number of aryl methyl sites for hydroxylation is 1. The number of hydrogen-bond donors (Lipinski definition) is 0. The monoisotopic (exact) mass is 274 g/mol. The molecule has 0 atom stereocenters. The Morgan fingerprint density at radius 3 is 1.71 bits per heavy atom. The molecule has 0 saturated heterocycles. The summed E-state index contributed by atoms with van der Waals surface area (Å²) in [6.45, 7) is 2.11. The molecular formula is C19H18N2. The summed E-state index contributed by atoms with van der Waals surface area (Å²) >= 11 is 0. The van der Waals surface area contributed by atoms with Crippen LogP contribution in [0.15, 0.2) is 73.1 Å². The second kappa shape index (κ2) is 5.80. The van der Waals surface area contributed by atoms with Crippen LogP contribution >= 0.6 is 0 Å². The first-order chi connectivity index (χ1) is 10.2. The normalized spacial score (nSPS) is 10.4. The van der Waals surface area contributed by atoms with Crippen molar-refractivity contribution in [2.45, 2.75) is 6.92 Å². The van der Waals surface area contributed by atoms with Gasteiger partial charge in [0, 0.05) is 30.8 Å². The van der Waals surface area contributed by atoms with E-state index in [1.807, 2.05) is 24.5 Å². The Bertz CT molecular complexity index is 701. The van der Waals surface area contributed by atoms with E-state index in [4.69, 9.17) is 0 Å². The van der Waals surface area contributed by atoms with Gasteiger partial charge in [0.2, 0.25) is 0 Å². The van der Waals surface area contributed by atoms with Gasteiger partial charge in [0.1, 0.15) is 0 Å². The topological polar surface area (TPSA) is 16.1 Å². The molecule has 0 aliphatic rings. The van der Waals surface area contributed by atoms with Crippen LogP contribution in [0.1, 0.15) is 5.56 Å². The number of hydrogen-bond acceptors (Lipinski definition) is 2. The van der Waals surface area contributed by atoms with Crippen molar-refractivity contribution in [1.82, 2.24) is 4.98 Å².